The second kappa shape index (κ2) is 8.63. The van der Waals surface area contributed by atoms with Gasteiger partial charge in [0, 0.05) is 25.6 Å². The Balaban J connectivity index is 1.45. The van der Waals surface area contributed by atoms with E-state index >= 15 is 0 Å². The Hall–Kier alpha value is -1.39. The van der Waals surface area contributed by atoms with Crippen LogP contribution in [-0.2, 0) is 11.2 Å². The lowest BCUT2D eigenvalue weighted by atomic mass is 10.0. The number of nitrogens with one attached hydrogen (secondary N) is 1. The summed E-state index contributed by atoms with van der Waals surface area (Å²) >= 11 is 0. The van der Waals surface area contributed by atoms with Gasteiger partial charge in [-0.1, -0.05) is 43.2 Å². The van der Waals surface area contributed by atoms with Gasteiger partial charge in [-0.25, -0.2) is 0 Å². The van der Waals surface area contributed by atoms with Crippen molar-refractivity contribution in [1.82, 2.24) is 10.2 Å². The van der Waals surface area contributed by atoms with E-state index in [0.717, 1.165) is 25.3 Å². The van der Waals surface area contributed by atoms with Crippen LogP contribution in [0.1, 0.15) is 44.1 Å². The molecule has 1 unspecified atom stereocenters. The Morgan fingerprint density at radius 3 is 2.67 bits per heavy atom. The van der Waals surface area contributed by atoms with Crippen molar-refractivity contribution in [2.24, 2.45) is 5.92 Å². The Bertz CT molecular complexity index is 514. The van der Waals surface area contributed by atoms with Gasteiger partial charge in [0.15, 0.2) is 0 Å². The minimum atomic E-state index is -0.480. The highest BCUT2D eigenvalue weighted by molar-refractivity contribution is 5.78. The number of aliphatic hydroxyl groups excluding tert-OH is 1. The van der Waals surface area contributed by atoms with Crippen LogP contribution in [0.3, 0.4) is 0 Å². The third-order valence-corrected chi connectivity index (χ3v) is 5.46. The van der Waals surface area contributed by atoms with Gasteiger partial charge in [-0.15, -0.1) is 0 Å². The highest BCUT2D eigenvalue weighted by Gasteiger charge is 2.32. The molecule has 2 aliphatic rings. The molecule has 1 aliphatic heterocycles. The van der Waals surface area contributed by atoms with Crippen molar-refractivity contribution in [3.05, 3.63) is 35.9 Å². The van der Waals surface area contributed by atoms with Gasteiger partial charge in [0.05, 0.1) is 6.10 Å². The number of hydrogen-bond donors (Lipinski definition) is 2. The van der Waals surface area contributed by atoms with Gasteiger partial charge < -0.3 is 15.3 Å². The monoisotopic (exact) mass is 330 g/mol. The number of carbonyl (C=O) groups is 1. The zero-order chi connectivity index (χ0) is 16.8. The van der Waals surface area contributed by atoms with E-state index in [1.807, 2.05) is 23.1 Å². The number of aliphatic hydroxyl groups is 1. The van der Waals surface area contributed by atoms with Crippen molar-refractivity contribution in [3.63, 3.8) is 0 Å². The molecule has 2 N–H and O–H groups in total. The molecule has 1 saturated heterocycles. The minimum absolute atomic E-state index is 0.186. The van der Waals surface area contributed by atoms with Crippen LogP contribution in [0.15, 0.2) is 30.3 Å². The Morgan fingerprint density at radius 2 is 1.92 bits per heavy atom. The summed E-state index contributed by atoms with van der Waals surface area (Å²) in [5.74, 6) is 0.960. The number of benzene rings is 1. The topological polar surface area (TPSA) is 52.6 Å². The molecule has 0 spiro atoms. The molecule has 1 heterocycles. The number of likely N-dealkylation sites (tertiary alicyclic amines) is 1. The van der Waals surface area contributed by atoms with Crippen molar-refractivity contribution in [2.45, 2.75) is 57.1 Å². The summed E-state index contributed by atoms with van der Waals surface area (Å²) in [5, 5.41) is 13.7. The van der Waals surface area contributed by atoms with Gasteiger partial charge in [-0.05, 0) is 43.7 Å². The molecule has 0 radical (unpaired) electrons. The summed E-state index contributed by atoms with van der Waals surface area (Å²) in [4.78, 5) is 14.1. The maximum Gasteiger partial charge on any atom is 0.222 e. The van der Waals surface area contributed by atoms with Gasteiger partial charge >= 0.3 is 0 Å². The first-order valence-corrected chi connectivity index (χ1v) is 9.44. The molecule has 0 bridgehead atoms. The highest BCUT2D eigenvalue weighted by atomic mass is 16.3. The molecule has 3 rings (SSSR count). The van der Waals surface area contributed by atoms with Crippen LogP contribution in [-0.4, -0.2) is 47.7 Å². The largest absolute Gasteiger partial charge is 0.390 e. The van der Waals surface area contributed by atoms with Crippen LogP contribution < -0.4 is 5.32 Å². The Kier molecular flexibility index (Phi) is 6.27. The molecule has 1 amide bonds. The lowest BCUT2D eigenvalue weighted by Gasteiger charge is -2.27. The van der Waals surface area contributed by atoms with Crippen molar-refractivity contribution in [2.75, 3.05) is 19.6 Å². The van der Waals surface area contributed by atoms with Crippen LogP contribution in [0, 0.1) is 5.92 Å². The van der Waals surface area contributed by atoms with Crippen molar-refractivity contribution in [3.8, 4) is 0 Å². The van der Waals surface area contributed by atoms with E-state index in [9.17, 15) is 9.90 Å². The average molecular weight is 330 g/mol. The van der Waals surface area contributed by atoms with E-state index in [1.54, 1.807) is 0 Å². The van der Waals surface area contributed by atoms with Gasteiger partial charge in [-0.3, -0.25) is 4.79 Å². The predicted octanol–water partition coefficient (Wildman–Crippen LogP) is 2.36. The number of amides is 1. The molecule has 0 aromatic heterocycles. The Morgan fingerprint density at radius 1 is 1.17 bits per heavy atom. The number of β-amino-alcohol motifs (C(OH)–C–C–N with tert-alkyl or cyclic N) is 1. The molecule has 2 atom stereocenters. The number of nitrogens with zero attached hydrogens (tertiary/aromatic N) is 1. The molecular formula is C20H30N2O2. The van der Waals surface area contributed by atoms with Gasteiger partial charge in [0.1, 0.15) is 0 Å². The SMILES string of the molecule is O=C1CC[C@H](Cc2ccccc2)N1CC(O)CNCC1CCCC1. The normalized spacial score (nSPS) is 23.1. The van der Waals surface area contributed by atoms with Gasteiger partial charge in [0.25, 0.3) is 0 Å². The molecular weight excluding hydrogens is 300 g/mol. The van der Waals surface area contributed by atoms with E-state index in [4.69, 9.17) is 0 Å². The summed E-state index contributed by atoms with van der Waals surface area (Å²) in [7, 11) is 0. The first kappa shape index (κ1) is 17.4. The third kappa shape index (κ3) is 4.81. The van der Waals surface area contributed by atoms with Crippen LogP contribution in [0.5, 0.6) is 0 Å². The van der Waals surface area contributed by atoms with Crippen LogP contribution in [0.4, 0.5) is 0 Å². The van der Waals surface area contributed by atoms with Gasteiger partial charge in [-0.2, -0.15) is 0 Å². The molecule has 1 saturated carbocycles. The molecule has 1 aromatic carbocycles. The van der Waals surface area contributed by atoms with Crippen molar-refractivity contribution in [1.29, 1.82) is 0 Å². The van der Waals surface area contributed by atoms with Crippen molar-refractivity contribution < 1.29 is 9.90 Å². The van der Waals surface area contributed by atoms with Gasteiger partial charge in [0.2, 0.25) is 5.91 Å². The predicted molar refractivity (Wildman–Crippen MR) is 95.7 cm³/mol. The average Bonchev–Trinajstić information content (AvgIpc) is 3.21. The molecule has 1 aliphatic carbocycles. The standard InChI is InChI=1S/C20H30N2O2/c23-19(14-21-13-17-8-4-5-9-17)15-22-18(10-11-20(22)24)12-16-6-2-1-3-7-16/h1-3,6-7,17-19,21,23H,4-5,8-15H2/t18-,19?/m1/s1. The van der Waals surface area contributed by atoms with E-state index in [2.05, 4.69) is 17.4 Å². The van der Waals surface area contributed by atoms with E-state index in [1.165, 1.54) is 31.2 Å². The molecule has 132 valence electrons. The second-order valence-electron chi connectivity index (χ2n) is 7.39. The Labute approximate surface area is 145 Å². The highest BCUT2D eigenvalue weighted by Crippen LogP contribution is 2.24. The molecule has 4 heteroatoms. The summed E-state index contributed by atoms with van der Waals surface area (Å²) in [5.41, 5.74) is 1.26. The minimum Gasteiger partial charge on any atom is -0.390 e. The number of hydrogen-bond acceptors (Lipinski definition) is 3. The summed E-state index contributed by atoms with van der Waals surface area (Å²) < 4.78 is 0. The fraction of sp³-hybridized carbons (Fsp3) is 0.650. The molecule has 4 nitrogen and oxygen atoms in total. The summed E-state index contributed by atoms with van der Waals surface area (Å²) in [6.45, 7) is 2.03. The fourth-order valence-electron chi connectivity index (χ4n) is 4.10. The zero-order valence-corrected chi connectivity index (χ0v) is 14.5. The smallest absolute Gasteiger partial charge is 0.222 e. The second-order valence-corrected chi connectivity index (χ2v) is 7.39. The quantitative estimate of drug-likeness (QED) is 0.769. The van der Waals surface area contributed by atoms with Crippen LogP contribution >= 0.6 is 0 Å². The first-order valence-electron chi connectivity index (χ1n) is 9.44. The molecule has 2 fully saturated rings. The van der Waals surface area contributed by atoms with E-state index in [0.29, 0.717) is 19.5 Å². The molecule has 1 aromatic rings. The summed E-state index contributed by atoms with van der Waals surface area (Å²) in [6, 6.07) is 10.5. The fourth-order valence-corrected chi connectivity index (χ4v) is 4.10. The third-order valence-electron chi connectivity index (χ3n) is 5.46. The summed E-state index contributed by atoms with van der Waals surface area (Å²) in [6.07, 6.45) is 7.23. The number of carbonyl (C=O) groups excluding carboxylic acids is 1. The number of rotatable bonds is 8. The zero-order valence-electron chi connectivity index (χ0n) is 14.5. The van der Waals surface area contributed by atoms with Crippen LogP contribution in [0.2, 0.25) is 0 Å². The van der Waals surface area contributed by atoms with E-state index in [-0.39, 0.29) is 11.9 Å². The lowest BCUT2D eigenvalue weighted by Crippen LogP contribution is -2.43. The van der Waals surface area contributed by atoms with E-state index < -0.39 is 6.10 Å². The maximum atomic E-state index is 12.2. The molecule has 24 heavy (non-hydrogen) atoms. The lowest BCUT2D eigenvalue weighted by molar-refractivity contribution is -0.130. The van der Waals surface area contributed by atoms with Crippen molar-refractivity contribution >= 4 is 5.91 Å². The van der Waals surface area contributed by atoms with Crippen LogP contribution in [0.25, 0.3) is 0 Å². The maximum absolute atomic E-state index is 12.2. The first-order chi connectivity index (χ1) is 11.7.